The number of halogens is 2. The van der Waals surface area contributed by atoms with Crippen LogP contribution in [0.5, 0.6) is 5.75 Å². The van der Waals surface area contributed by atoms with Gasteiger partial charge >= 0.3 is 0 Å². The van der Waals surface area contributed by atoms with Crippen molar-refractivity contribution < 1.29 is 9.53 Å². The molecule has 0 saturated carbocycles. The Morgan fingerprint density at radius 2 is 1.89 bits per heavy atom. The van der Waals surface area contributed by atoms with Crippen molar-refractivity contribution in [1.29, 1.82) is 0 Å². The van der Waals surface area contributed by atoms with Crippen LogP contribution in [-0.2, 0) is 11.3 Å². The Morgan fingerprint density at radius 3 is 2.56 bits per heavy atom. The van der Waals surface area contributed by atoms with E-state index in [0.29, 0.717) is 22.9 Å². The van der Waals surface area contributed by atoms with Crippen molar-refractivity contribution in [2.45, 2.75) is 13.0 Å². The second-order valence-corrected chi connectivity index (χ2v) is 8.70. The van der Waals surface area contributed by atoms with Gasteiger partial charge in [-0.15, -0.1) is 11.3 Å². The lowest BCUT2D eigenvalue weighted by molar-refractivity contribution is -0.116. The summed E-state index contributed by atoms with van der Waals surface area (Å²) in [5.74, 6) is 0.571. The molecule has 0 unspecified atom stereocenters. The third-order valence-corrected chi connectivity index (χ3v) is 6.01. The molecule has 27 heavy (non-hydrogen) atoms. The second-order valence-electron chi connectivity index (χ2n) is 6.47. The maximum absolute atomic E-state index is 12.3. The SMILES string of the molecule is COc1ccc(Cl)cc1NC(=O)CCN1CCN(Cc2ccc(Cl)s2)CC1. The lowest BCUT2D eigenvalue weighted by Crippen LogP contribution is -2.46. The molecule has 1 aliphatic heterocycles. The van der Waals surface area contributed by atoms with Crippen LogP contribution in [0.2, 0.25) is 9.36 Å². The summed E-state index contributed by atoms with van der Waals surface area (Å²) in [6.07, 6.45) is 0.441. The molecule has 1 N–H and O–H groups in total. The summed E-state index contributed by atoms with van der Waals surface area (Å²) in [5, 5.41) is 3.45. The van der Waals surface area contributed by atoms with Crippen molar-refractivity contribution in [3.63, 3.8) is 0 Å². The Balaban J connectivity index is 1.41. The molecule has 1 fully saturated rings. The summed E-state index contributed by atoms with van der Waals surface area (Å²) >= 11 is 13.6. The Bertz CT molecular complexity index is 776. The second kappa shape index (κ2) is 9.75. The standard InChI is InChI=1S/C19H23Cl2N3O2S/c1-26-17-4-2-14(20)12-16(17)22-19(25)6-7-23-8-10-24(11-9-23)13-15-3-5-18(21)27-15/h2-5,12H,6-11,13H2,1H3,(H,22,25). The number of benzene rings is 1. The monoisotopic (exact) mass is 427 g/mol. The number of ether oxygens (including phenoxy) is 1. The Kier molecular flexibility index (Phi) is 7.38. The molecule has 0 atom stereocenters. The van der Waals surface area contributed by atoms with Crippen LogP contribution in [0.25, 0.3) is 0 Å². The van der Waals surface area contributed by atoms with Gasteiger partial charge in [0.15, 0.2) is 0 Å². The van der Waals surface area contributed by atoms with Gasteiger partial charge in [-0.1, -0.05) is 23.2 Å². The number of hydrogen-bond donors (Lipinski definition) is 1. The molecular weight excluding hydrogens is 405 g/mol. The van der Waals surface area contributed by atoms with Crippen molar-refractivity contribution in [2.24, 2.45) is 0 Å². The first-order chi connectivity index (χ1) is 13.0. The zero-order chi connectivity index (χ0) is 19.2. The molecule has 3 rings (SSSR count). The smallest absolute Gasteiger partial charge is 0.225 e. The van der Waals surface area contributed by atoms with Crippen molar-refractivity contribution >= 4 is 46.1 Å². The van der Waals surface area contributed by atoms with E-state index in [9.17, 15) is 4.79 Å². The zero-order valence-electron chi connectivity index (χ0n) is 15.2. The molecular formula is C19H23Cl2N3O2S. The lowest BCUT2D eigenvalue weighted by Gasteiger charge is -2.34. The number of methoxy groups -OCH3 is 1. The Labute approximate surface area is 173 Å². The fraction of sp³-hybridized carbons (Fsp3) is 0.421. The van der Waals surface area contributed by atoms with Gasteiger partial charge in [0, 0.05) is 55.6 Å². The third-order valence-electron chi connectivity index (χ3n) is 4.56. The van der Waals surface area contributed by atoms with E-state index in [1.54, 1.807) is 36.6 Å². The predicted molar refractivity (Wildman–Crippen MR) is 112 cm³/mol. The molecule has 1 aromatic heterocycles. The van der Waals surface area contributed by atoms with Gasteiger partial charge in [-0.3, -0.25) is 9.69 Å². The summed E-state index contributed by atoms with van der Waals surface area (Å²) in [5.41, 5.74) is 0.606. The number of nitrogens with zero attached hydrogens (tertiary/aromatic N) is 2. The Hall–Kier alpha value is -1.31. The maximum atomic E-state index is 12.3. The van der Waals surface area contributed by atoms with E-state index in [0.717, 1.165) is 43.6 Å². The predicted octanol–water partition coefficient (Wildman–Crippen LogP) is 4.21. The summed E-state index contributed by atoms with van der Waals surface area (Å²) < 4.78 is 6.10. The van der Waals surface area contributed by atoms with Crippen molar-refractivity contribution in [1.82, 2.24) is 9.80 Å². The minimum absolute atomic E-state index is 0.0359. The fourth-order valence-corrected chi connectivity index (χ4v) is 4.38. The van der Waals surface area contributed by atoms with Crippen LogP contribution in [0.1, 0.15) is 11.3 Å². The molecule has 2 aromatic rings. The number of rotatable bonds is 7. The number of thiophene rings is 1. The molecule has 1 amide bonds. The first-order valence-electron chi connectivity index (χ1n) is 8.86. The Morgan fingerprint density at radius 1 is 1.15 bits per heavy atom. The van der Waals surface area contributed by atoms with E-state index in [2.05, 4.69) is 21.2 Å². The van der Waals surface area contributed by atoms with Gasteiger partial charge in [0.1, 0.15) is 5.75 Å². The number of nitrogens with one attached hydrogen (secondary N) is 1. The molecule has 0 spiro atoms. The van der Waals surface area contributed by atoms with Gasteiger partial charge in [-0.25, -0.2) is 0 Å². The molecule has 146 valence electrons. The van der Waals surface area contributed by atoms with Gasteiger partial charge in [0.05, 0.1) is 17.1 Å². The molecule has 1 saturated heterocycles. The highest BCUT2D eigenvalue weighted by Gasteiger charge is 2.18. The minimum atomic E-state index is -0.0359. The molecule has 1 aromatic carbocycles. The van der Waals surface area contributed by atoms with Gasteiger partial charge in [-0.2, -0.15) is 0 Å². The molecule has 5 nitrogen and oxygen atoms in total. The number of carbonyl (C=O) groups excluding carboxylic acids is 1. The van der Waals surface area contributed by atoms with Gasteiger partial charge < -0.3 is 15.0 Å². The molecule has 1 aliphatic rings. The van der Waals surface area contributed by atoms with Crippen LogP contribution in [0.3, 0.4) is 0 Å². The molecule has 0 aliphatic carbocycles. The summed E-state index contributed by atoms with van der Waals surface area (Å²) in [6.45, 7) is 5.62. The van der Waals surface area contributed by atoms with Crippen LogP contribution in [0.4, 0.5) is 5.69 Å². The quantitative estimate of drug-likeness (QED) is 0.718. The summed E-state index contributed by atoms with van der Waals surface area (Å²) in [4.78, 5) is 18.3. The number of hydrogen-bond acceptors (Lipinski definition) is 5. The highest BCUT2D eigenvalue weighted by molar-refractivity contribution is 7.16. The van der Waals surface area contributed by atoms with Crippen molar-refractivity contribution in [3.05, 3.63) is 44.6 Å². The van der Waals surface area contributed by atoms with E-state index in [1.807, 2.05) is 6.07 Å². The normalized spacial score (nSPS) is 15.7. The van der Waals surface area contributed by atoms with Crippen LogP contribution < -0.4 is 10.1 Å². The number of amides is 1. The minimum Gasteiger partial charge on any atom is -0.495 e. The van der Waals surface area contributed by atoms with Crippen LogP contribution in [0.15, 0.2) is 30.3 Å². The topological polar surface area (TPSA) is 44.8 Å². The molecule has 0 bridgehead atoms. The number of carbonyl (C=O) groups is 1. The van der Waals surface area contributed by atoms with Gasteiger partial charge in [0.25, 0.3) is 0 Å². The highest BCUT2D eigenvalue weighted by Crippen LogP contribution is 2.27. The maximum Gasteiger partial charge on any atom is 0.225 e. The van der Waals surface area contributed by atoms with E-state index >= 15 is 0 Å². The van der Waals surface area contributed by atoms with E-state index in [1.165, 1.54) is 4.88 Å². The molecule has 8 heteroatoms. The van der Waals surface area contributed by atoms with E-state index < -0.39 is 0 Å². The van der Waals surface area contributed by atoms with E-state index in [-0.39, 0.29) is 5.91 Å². The fourth-order valence-electron chi connectivity index (χ4n) is 3.08. The largest absolute Gasteiger partial charge is 0.495 e. The lowest BCUT2D eigenvalue weighted by atomic mass is 10.2. The van der Waals surface area contributed by atoms with Crippen LogP contribution in [-0.4, -0.2) is 55.5 Å². The van der Waals surface area contributed by atoms with Crippen LogP contribution in [0, 0.1) is 0 Å². The summed E-state index contributed by atoms with van der Waals surface area (Å²) in [7, 11) is 1.57. The van der Waals surface area contributed by atoms with E-state index in [4.69, 9.17) is 27.9 Å². The highest BCUT2D eigenvalue weighted by atomic mass is 35.5. The van der Waals surface area contributed by atoms with Gasteiger partial charge in [-0.05, 0) is 30.3 Å². The first kappa shape index (κ1) is 20.4. The number of piperazine rings is 1. The van der Waals surface area contributed by atoms with Crippen molar-refractivity contribution in [2.75, 3.05) is 45.2 Å². The molecule has 2 heterocycles. The summed E-state index contributed by atoms with van der Waals surface area (Å²) in [6, 6.07) is 9.23. The first-order valence-corrected chi connectivity index (χ1v) is 10.4. The average molecular weight is 428 g/mol. The zero-order valence-corrected chi connectivity index (χ0v) is 17.5. The third kappa shape index (κ3) is 6.09. The van der Waals surface area contributed by atoms with Gasteiger partial charge in [0.2, 0.25) is 5.91 Å². The van der Waals surface area contributed by atoms with Crippen LogP contribution >= 0.6 is 34.5 Å². The van der Waals surface area contributed by atoms with Crippen molar-refractivity contribution in [3.8, 4) is 5.75 Å². The molecule has 0 radical (unpaired) electrons. The number of anilines is 1. The average Bonchev–Trinajstić information content (AvgIpc) is 3.06.